The molecular formula is C29H25N3O2. The molecule has 1 aliphatic heterocycles. The molecule has 0 unspecified atom stereocenters. The minimum atomic E-state index is -0.165. The monoisotopic (exact) mass is 447 g/mol. The van der Waals surface area contributed by atoms with E-state index in [9.17, 15) is 9.59 Å². The first-order valence-corrected chi connectivity index (χ1v) is 11.3. The highest BCUT2D eigenvalue weighted by atomic mass is 16.2. The number of aryl methyl sites for hydroxylation is 1. The van der Waals surface area contributed by atoms with Crippen LogP contribution >= 0.6 is 0 Å². The maximum absolute atomic E-state index is 13.7. The zero-order valence-electron chi connectivity index (χ0n) is 19.1. The summed E-state index contributed by atoms with van der Waals surface area (Å²) in [5, 5.41) is 6.37. The van der Waals surface area contributed by atoms with Crippen LogP contribution in [0.2, 0.25) is 0 Å². The van der Waals surface area contributed by atoms with Crippen molar-refractivity contribution in [2.75, 3.05) is 15.5 Å². The van der Waals surface area contributed by atoms with Crippen LogP contribution < -0.4 is 15.5 Å². The van der Waals surface area contributed by atoms with Crippen LogP contribution in [0.1, 0.15) is 37.4 Å². The molecule has 168 valence electrons. The van der Waals surface area contributed by atoms with E-state index in [-0.39, 0.29) is 11.8 Å². The van der Waals surface area contributed by atoms with Crippen molar-refractivity contribution < 1.29 is 9.59 Å². The quantitative estimate of drug-likeness (QED) is 0.379. The van der Waals surface area contributed by atoms with Gasteiger partial charge in [0.1, 0.15) is 0 Å². The number of carbonyl (C=O) groups is 2. The van der Waals surface area contributed by atoms with Gasteiger partial charge < -0.3 is 10.6 Å². The van der Waals surface area contributed by atoms with E-state index in [1.54, 1.807) is 29.2 Å². The van der Waals surface area contributed by atoms with Crippen LogP contribution in [0.15, 0.2) is 91.0 Å². The van der Waals surface area contributed by atoms with E-state index in [1.807, 2.05) is 80.6 Å². The zero-order chi connectivity index (χ0) is 23.7. The summed E-state index contributed by atoms with van der Waals surface area (Å²) in [6, 6.07) is 28.5. The third-order valence-electron chi connectivity index (χ3n) is 6.29. The van der Waals surface area contributed by atoms with Gasteiger partial charge in [0.05, 0.1) is 17.1 Å². The van der Waals surface area contributed by atoms with Crippen molar-refractivity contribution in [1.29, 1.82) is 0 Å². The van der Waals surface area contributed by atoms with Crippen molar-refractivity contribution in [3.05, 3.63) is 119 Å². The fourth-order valence-electron chi connectivity index (χ4n) is 4.26. The first-order chi connectivity index (χ1) is 16.5. The number of hydrogen-bond donors (Lipinski definition) is 2. The molecule has 4 aromatic carbocycles. The van der Waals surface area contributed by atoms with Crippen molar-refractivity contribution in [1.82, 2.24) is 0 Å². The Morgan fingerprint density at radius 1 is 0.794 bits per heavy atom. The average molecular weight is 448 g/mol. The molecule has 0 fully saturated rings. The number of amides is 2. The summed E-state index contributed by atoms with van der Waals surface area (Å²) in [5.74, 6) is -0.294. The van der Waals surface area contributed by atoms with E-state index >= 15 is 0 Å². The molecule has 0 bridgehead atoms. The second kappa shape index (κ2) is 8.87. The Morgan fingerprint density at radius 2 is 1.50 bits per heavy atom. The van der Waals surface area contributed by atoms with Crippen LogP contribution in [0, 0.1) is 13.8 Å². The molecule has 0 aromatic heterocycles. The number of fused-ring (bicyclic) bond motifs is 2. The van der Waals surface area contributed by atoms with E-state index in [2.05, 4.69) is 10.6 Å². The third kappa shape index (κ3) is 3.92. The highest BCUT2D eigenvalue weighted by molar-refractivity contribution is 6.13. The summed E-state index contributed by atoms with van der Waals surface area (Å²) in [7, 11) is 0. The molecular weight excluding hydrogens is 422 g/mol. The van der Waals surface area contributed by atoms with Gasteiger partial charge in [-0.3, -0.25) is 14.5 Å². The van der Waals surface area contributed by atoms with Gasteiger partial charge in [-0.2, -0.15) is 0 Å². The van der Waals surface area contributed by atoms with E-state index < -0.39 is 0 Å². The topological polar surface area (TPSA) is 61.4 Å². The van der Waals surface area contributed by atoms with Crippen LogP contribution in [0.5, 0.6) is 0 Å². The second-order valence-electron chi connectivity index (χ2n) is 8.42. The third-order valence-corrected chi connectivity index (χ3v) is 6.29. The predicted octanol–water partition coefficient (Wildman–Crippen LogP) is 6.46. The van der Waals surface area contributed by atoms with Gasteiger partial charge in [-0.05, 0) is 79.1 Å². The van der Waals surface area contributed by atoms with E-state index in [4.69, 9.17) is 0 Å². The summed E-state index contributed by atoms with van der Waals surface area (Å²) in [5.41, 5.74) is 7.47. The Hall–Kier alpha value is -4.38. The Labute approximate surface area is 199 Å². The van der Waals surface area contributed by atoms with Gasteiger partial charge in [0.25, 0.3) is 11.8 Å². The van der Waals surface area contributed by atoms with Crippen molar-refractivity contribution >= 4 is 34.6 Å². The lowest BCUT2D eigenvalue weighted by molar-refractivity contribution is 0.0997. The lowest BCUT2D eigenvalue weighted by atomic mass is 10.0. The highest BCUT2D eigenvalue weighted by Gasteiger charge is 2.26. The lowest BCUT2D eigenvalue weighted by Gasteiger charge is -2.24. The number of carbonyl (C=O) groups excluding carboxylic acids is 2. The number of benzene rings is 4. The Bertz CT molecular complexity index is 1350. The van der Waals surface area contributed by atoms with Crippen LogP contribution in [0.3, 0.4) is 0 Å². The SMILES string of the molecule is Cc1cccc(C(=O)Nc2ccc(C(=O)N3c4ccccc4CNc4ccccc43)cc2)c1C. The van der Waals surface area contributed by atoms with Gasteiger partial charge in [-0.15, -0.1) is 0 Å². The van der Waals surface area contributed by atoms with Crippen molar-refractivity contribution in [2.45, 2.75) is 20.4 Å². The van der Waals surface area contributed by atoms with Gasteiger partial charge in [0.15, 0.2) is 0 Å². The molecule has 1 heterocycles. The predicted molar refractivity (Wildman–Crippen MR) is 137 cm³/mol. The molecule has 5 heteroatoms. The van der Waals surface area contributed by atoms with E-state index in [0.717, 1.165) is 33.8 Å². The molecule has 34 heavy (non-hydrogen) atoms. The van der Waals surface area contributed by atoms with Crippen LogP contribution in [-0.4, -0.2) is 11.8 Å². The van der Waals surface area contributed by atoms with Gasteiger partial charge in [0, 0.05) is 23.4 Å². The number of nitrogens with one attached hydrogen (secondary N) is 2. The number of hydrogen-bond acceptors (Lipinski definition) is 3. The smallest absolute Gasteiger partial charge is 0.262 e. The van der Waals surface area contributed by atoms with Crippen LogP contribution in [0.4, 0.5) is 22.7 Å². The Morgan fingerprint density at radius 3 is 2.29 bits per heavy atom. The van der Waals surface area contributed by atoms with Crippen LogP contribution in [-0.2, 0) is 6.54 Å². The van der Waals surface area contributed by atoms with Crippen LogP contribution in [0.25, 0.3) is 0 Å². The summed E-state index contributed by atoms with van der Waals surface area (Å²) in [4.78, 5) is 28.3. The molecule has 0 radical (unpaired) electrons. The molecule has 0 saturated heterocycles. The van der Waals surface area contributed by atoms with E-state index in [0.29, 0.717) is 23.4 Å². The maximum Gasteiger partial charge on any atom is 0.262 e. The summed E-state index contributed by atoms with van der Waals surface area (Å²) in [6.07, 6.45) is 0. The minimum Gasteiger partial charge on any atom is -0.379 e. The molecule has 0 saturated carbocycles. The average Bonchev–Trinajstić information content (AvgIpc) is 3.02. The lowest BCUT2D eigenvalue weighted by Crippen LogP contribution is -2.26. The number of nitrogens with zero attached hydrogens (tertiary/aromatic N) is 1. The first kappa shape index (κ1) is 21.5. The molecule has 5 rings (SSSR count). The van der Waals surface area contributed by atoms with Gasteiger partial charge in [0.2, 0.25) is 0 Å². The molecule has 0 aliphatic carbocycles. The second-order valence-corrected chi connectivity index (χ2v) is 8.42. The van der Waals surface area contributed by atoms with Crippen molar-refractivity contribution in [2.24, 2.45) is 0 Å². The Balaban J connectivity index is 1.44. The fourth-order valence-corrected chi connectivity index (χ4v) is 4.26. The molecule has 2 amide bonds. The Kier molecular flexibility index (Phi) is 5.60. The van der Waals surface area contributed by atoms with Gasteiger partial charge >= 0.3 is 0 Å². The number of anilines is 4. The molecule has 5 nitrogen and oxygen atoms in total. The summed E-state index contributed by atoms with van der Waals surface area (Å²) < 4.78 is 0. The van der Waals surface area contributed by atoms with Gasteiger partial charge in [-0.1, -0.05) is 42.5 Å². The first-order valence-electron chi connectivity index (χ1n) is 11.3. The zero-order valence-corrected chi connectivity index (χ0v) is 19.1. The summed E-state index contributed by atoms with van der Waals surface area (Å²) >= 11 is 0. The molecule has 0 atom stereocenters. The molecule has 4 aromatic rings. The molecule has 2 N–H and O–H groups in total. The number of rotatable bonds is 3. The standard InChI is InChI=1S/C29H25N3O2/c1-19-8-7-10-24(20(19)2)28(33)31-23-16-14-21(15-17-23)29(34)32-26-12-5-3-9-22(26)18-30-25-11-4-6-13-27(25)32/h3-17,30H,18H2,1-2H3,(H,31,33). The largest absolute Gasteiger partial charge is 0.379 e. The molecule has 1 aliphatic rings. The fraction of sp³-hybridized carbons (Fsp3) is 0.103. The summed E-state index contributed by atoms with van der Waals surface area (Å²) in [6.45, 7) is 4.57. The highest BCUT2D eigenvalue weighted by Crippen LogP contribution is 2.38. The number of para-hydroxylation sites is 3. The van der Waals surface area contributed by atoms with Crippen molar-refractivity contribution in [3.63, 3.8) is 0 Å². The van der Waals surface area contributed by atoms with E-state index in [1.165, 1.54) is 0 Å². The van der Waals surface area contributed by atoms with Gasteiger partial charge in [-0.25, -0.2) is 0 Å². The minimum absolute atomic E-state index is 0.129. The maximum atomic E-state index is 13.7. The van der Waals surface area contributed by atoms with Crippen molar-refractivity contribution in [3.8, 4) is 0 Å². The normalized spacial score (nSPS) is 12.1. The molecule has 0 spiro atoms.